The van der Waals surface area contributed by atoms with Gasteiger partial charge in [0.2, 0.25) is 23.6 Å². The van der Waals surface area contributed by atoms with Gasteiger partial charge in [0.1, 0.15) is 17.6 Å². The summed E-state index contributed by atoms with van der Waals surface area (Å²) < 4.78 is 12.3. The zero-order valence-electron chi connectivity index (χ0n) is 40.5. The van der Waals surface area contributed by atoms with Gasteiger partial charge < -0.3 is 39.7 Å². The number of ether oxygens (including phenoxy) is 2. The van der Waals surface area contributed by atoms with E-state index in [2.05, 4.69) is 41.2 Å². The van der Waals surface area contributed by atoms with E-state index in [0.29, 0.717) is 84.3 Å². The van der Waals surface area contributed by atoms with Gasteiger partial charge in [0, 0.05) is 63.5 Å². The average Bonchev–Trinajstić information content (AvgIpc) is 3.68. The number of anilines is 2. The van der Waals surface area contributed by atoms with E-state index >= 15 is 0 Å². The number of fused-ring (bicyclic) bond motifs is 4. The quantitative estimate of drug-likeness (QED) is 0.250. The van der Waals surface area contributed by atoms with Crippen molar-refractivity contribution in [1.82, 2.24) is 19.6 Å². The van der Waals surface area contributed by atoms with Gasteiger partial charge in [-0.15, -0.1) is 0 Å². The average molecular weight is 921 g/mol. The third-order valence-corrected chi connectivity index (χ3v) is 18.2. The van der Waals surface area contributed by atoms with Gasteiger partial charge in [0.05, 0.1) is 19.5 Å². The summed E-state index contributed by atoms with van der Waals surface area (Å²) in [6.07, 6.45) is 12.8. The molecule has 8 fully saturated rings. The Morgan fingerprint density at radius 3 is 1.69 bits per heavy atom. The van der Waals surface area contributed by atoms with Gasteiger partial charge in [-0.25, -0.2) is 0 Å². The number of piperazine rings is 1. The number of amides is 4. The fourth-order valence-electron chi connectivity index (χ4n) is 14.5. The summed E-state index contributed by atoms with van der Waals surface area (Å²) in [5.74, 6) is 3.75. The normalized spacial score (nSPS) is 36.2. The van der Waals surface area contributed by atoms with E-state index in [1.807, 2.05) is 0 Å². The lowest BCUT2D eigenvalue weighted by atomic mass is 9.44. The van der Waals surface area contributed by atoms with Crippen LogP contribution in [0.15, 0.2) is 48.5 Å². The largest absolute Gasteiger partial charge is 0.462 e. The Kier molecular flexibility index (Phi) is 14.6. The molecule has 0 unspecified atom stereocenters. The van der Waals surface area contributed by atoms with Gasteiger partial charge in [-0.1, -0.05) is 20.8 Å². The Morgan fingerprint density at radius 1 is 0.552 bits per heavy atom. The van der Waals surface area contributed by atoms with E-state index in [0.717, 1.165) is 71.4 Å². The van der Waals surface area contributed by atoms with Crippen molar-refractivity contribution in [2.45, 2.75) is 123 Å². The molecule has 0 radical (unpaired) electrons. The molecule has 364 valence electrons. The second-order valence-electron chi connectivity index (χ2n) is 22.1. The minimum absolute atomic E-state index is 0.00242. The molecule has 2 aromatic rings. The summed E-state index contributed by atoms with van der Waals surface area (Å²) in [6, 6.07) is 14.2. The molecule has 2 aromatic carbocycles. The second kappa shape index (κ2) is 20.6. The number of carbonyl (C=O) groups excluding carboxylic acids is 5. The van der Waals surface area contributed by atoms with E-state index in [-0.39, 0.29) is 72.5 Å². The molecular formula is C54H76N6O7. The third-order valence-electron chi connectivity index (χ3n) is 18.2. The van der Waals surface area contributed by atoms with Crippen molar-refractivity contribution < 1.29 is 33.4 Å². The van der Waals surface area contributed by atoms with Gasteiger partial charge in [0.25, 0.3) is 0 Å². The van der Waals surface area contributed by atoms with Crippen molar-refractivity contribution in [2.24, 2.45) is 46.3 Å². The Labute approximate surface area is 398 Å². The molecule has 16 bridgehead atoms. The van der Waals surface area contributed by atoms with Crippen LogP contribution in [0, 0.1) is 46.3 Å². The van der Waals surface area contributed by atoms with Crippen LogP contribution >= 0.6 is 0 Å². The van der Waals surface area contributed by atoms with Crippen LogP contribution in [0.1, 0.15) is 117 Å². The predicted octanol–water partition coefficient (Wildman–Crippen LogP) is 8.21. The number of nitrogens with zero attached hydrogens (tertiary/aromatic N) is 4. The summed E-state index contributed by atoms with van der Waals surface area (Å²) in [4.78, 5) is 77.1. The number of hydrogen-bond donors (Lipinski definition) is 2. The summed E-state index contributed by atoms with van der Waals surface area (Å²) in [6.45, 7) is 13.5. The molecule has 8 aliphatic heterocycles. The molecule has 14 rings (SSSR count). The maximum absolute atomic E-state index is 14.3. The molecule has 9 atom stereocenters. The van der Waals surface area contributed by atoms with Crippen molar-refractivity contribution in [2.75, 3.05) is 76.1 Å². The molecule has 13 nitrogen and oxygen atoms in total. The SMILES string of the molecule is C[C@@H]1CCC(=O)N2CCCN3CCN(CCCN(CC(=O)Nc4ccc(cc4)Oc4ccc(cc4)NC(=O)C2)C(=O)CCC(=O)O[C@@H]2CC[C@@]4(C)[C@H](CC[C@@H]5[C@@H]4CC[C@]4(C)[C@@H]1CC[C@@H]54)C2)CC3. The maximum atomic E-state index is 14.3. The Balaban J connectivity index is 0.974. The van der Waals surface area contributed by atoms with Crippen LogP contribution in [0.3, 0.4) is 0 Å². The topological polar surface area (TPSA) is 141 Å². The van der Waals surface area contributed by atoms with Crippen LogP contribution in [-0.4, -0.2) is 121 Å². The van der Waals surface area contributed by atoms with E-state index in [9.17, 15) is 24.0 Å². The zero-order valence-corrected chi connectivity index (χ0v) is 40.5. The van der Waals surface area contributed by atoms with Crippen LogP contribution in [-0.2, 0) is 28.7 Å². The van der Waals surface area contributed by atoms with Gasteiger partial charge >= 0.3 is 5.97 Å². The van der Waals surface area contributed by atoms with Gasteiger partial charge in [-0.05, 0) is 185 Å². The first-order chi connectivity index (χ1) is 32.3. The first kappa shape index (κ1) is 47.6. The van der Waals surface area contributed by atoms with Crippen LogP contribution in [0.4, 0.5) is 11.4 Å². The summed E-state index contributed by atoms with van der Waals surface area (Å²) >= 11 is 0. The number of rotatable bonds is 0. The van der Waals surface area contributed by atoms with Gasteiger partial charge in [0.15, 0.2) is 0 Å². The van der Waals surface area contributed by atoms with E-state index < -0.39 is 0 Å². The fraction of sp³-hybridized carbons (Fsp3) is 0.685. The second-order valence-corrected chi connectivity index (χ2v) is 22.1. The predicted molar refractivity (Wildman–Crippen MR) is 258 cm³/mol. The molecule has 0 aromatic heterocycles. The highest BCUT2D eigenvalue weighted by atomic mass is 16.5. The number of benzene rings is 2. The third kappa shape index (κ3) is 10.9. The Morgan fingerprint density at radius 2 is 1.09 bits per heavy atom. The van der Waals surface area contributed by atoms with Crippen molar-refractivity contribution in [3.63, 3.8) is 0 Å². The molecule has 2 N–H and O–H groups in total. The van der Waals surface area contributed by atoms with Crippen LogP contribution < -0.4 is 15.4 Å². The summed E-state index contributed by atoms with van der Waals surface area (Å²) in [5.41, 5.74) is 1.70. The number of carbonyl (C=O) groups is 5. The molecule has 13 heteroatoms. The Bertz CT molecular complexity index is 2090. The van der Waals surface area contributed by atoms with Crippen molar-refractivity contribution in [3.05, 3.63) is 48.5 Å². The van der Waals surface area contributed by atoms with Crippen LogP contribution in [0.2, 0.25) is 0 Å². The lowest BCUT2D eigenvalue weighted by molar-refractivity contribution is -0.163. The van der Waals surface area contributed by atoms with E-state index in [4.69, 9.17) is 9.47 Å². The summed E-state index contributed by atoms with van der Waals surface area (Å²) in [7, 11) is 0. The minimum Gasteiger partial charge on any atom is -0.462 e. The standard InChI is InChI=1S/C54H76N6O7/c1-37-6-19-50(63)59-28-4-26-57-30-32-58(33-31-57)27-5-29-60(36-49(62)56-40-10-14-42(15-11-40)66-41-12-8-39(9-13-41)55-48(61)35-59)51(64)20-21-52(65)67-43-22-24-53(2)38(34-43)7-16-44-46-18-17-45(37)54(46,3)25-23-47(44)53/h8-15,37-38,43-47H,4-7,16-36H2,1-3H3,(H,55,61)(H,56,62)/t37-,38-,43-,44+,45-,46+,47+,53+,54-/m1/s1. The Hall–Kier alpha value is -4.49. The molecule has 67 heavy (non-hydrogen) atoms. The smallest absolute Gasteiger partial charge is 0.306 e. The molecular weight excluding hydrogens is 845 g/mol. The van der Waals surface area contributed by atoms with E-state index in [1.54, 1.807) is 58.3 Å². The first-order valence-corrected chi connectivity index (χ1v) is 26.0. The zero-order chi connectivity index (χ0) is 46.7. The highest BCUT2D eigenvalue weighted by molar-refractivity contribution is 5.95. The first-order valence-electron chi connectivity index (χ1n) is 26.0. The van der Waals surface area contributed by atoms with Gasteiger partial charge in [-0.2, -0.15) is 0 Å². The lowest BCUT2D eigenvalue weighted by Crippen LogP contribution is -2.54. The number of esters is 1. The minimum atomic E-state index is -0.317. The van der Waals surface area contributed by atoms with Crippen molar-refractivity contribution >= 4 is 41.0 Å². The van der Waals surface area contributed by atoms with Crippen molar-refractivity contribution in [1.29, 1.82) is 0 Å². The van der Waals surface area contributed by atoms with Crippen molar-refractivity contribution in [3.8, 4) is 11.5 Å². The number of hydrogen-bond acceptors (Lipinski definition) is 9. The molecule has 8 heterocycles. The lowest BCUT2D eigenvalue weighted by Gasteiger charge is -2.61. The molecule has 4 aliphatic carbocycles. The van der Waals surface area contributed by atoms with Crippen LogP contribution in [0.25, 0.3) is 0 Å². The highest BCUT2D eigenvalue weighted by Crippen LogP contribution is 2.68. The fourth-order valence-corrected chi connectivity index (χ4v) is 14.5. The van der Waals surface area contributed by atoms with E-state index in [1.165, 1.54) is 38.5 Å². The molecule has 12 aliphatic rings. The molecule has 4 amide bonds. The molecule has 0 spiro atoms. The maximum Gasteiger partial charge on any atom is 0.306 e. The molecule has 4 saturated carbocycles. The number of nitrogens with one attached hydrogen (secondary N) is 2. The van der Waals surface area contributed by atoms with Gasteiger partial charge in [-0.3, -0.25) is 24.0 Å². The monoisotopic (exact) mass is 921 g/mol. The summed E-state index contributed by atoms with van der Waals surface area (Å²) in [5, 5.41) is 5.98. The highest BCUT2D eigenvalue weighted by Gasteiger charge is 2.60. The van der Waals surface area contributed by atoms with Crippen LogP contribution in [0.5, 0.6) is 11.5 Å². The molecule has 4 saturated heterocycles.